The van der Waals surface area contributed by atoms with Crippen molar-refractivity contribution in [3.63, 3.8) is 0 Å². The van der Waals surface area contributed by atoms with Gasteiger partial charge in [-0.1, -0.05) is 0 Å². The van der Waals surface area contributed by atoms with Gasteiger partial charge < -0.3 is 20.6 Å². The molecule has 0 bridgehead atoms. The van der Waals surface area contributed by atoms with Crippen LogP contribution in [0.25, 0.3) is 0 Å². The van der Waals surface area contributed by atoms with Crippen molar-refractivity contribution in [3.05, 3.63) is 18.2 Å². The van der Waals surface area contributed by atoms with Crippen LogP contribution in [-0.2, 0) is 0 Å². The third-order valence-corrected chi connectivity index (χ3v) is 1.34. The fraction of sp³-hybridized carbons (Fsp3) is 0.250. The van der Waals surface area contributed by atoms with Crippen molar-refractivity contribution in [2.75, 3.05) is 18.5 Å². The molecule has 66 valence electrons. The third kappa shape index (κ3) is 2.32. The maximum absolute atomic E-state index is 9.03. The van der Waals surface area contributed by atoms with E-state index >= 15 is 0 Å². The minimum Gasteiger partial charge on any atom is -0.508 e. The highest BCUT2D eigenvalue weighted by atomic mass is 16.3. The molecule has 4 heteroatoms. The molecule has 0 fully saturated rings. The number of rotatable bonds is 3. The lowest BCUT2D eigenvalue weighted by Gasteiger charge is -2.04. The van der Waals surface area contributed by atoms with Crippen molar-refractivity contribution in [1.29, 1.82) is 0 Å². The summed E-state index contributed by atoms with van der Waals surface area (Å²) in [6.45, 7) is 0.402. The van der Waals surface area contributed by atoms with E-state index in [1.54, 1.807) is 0 Å². The fourth-order valence-corrected chi connectivity index (χ4v) is 0.897. The van der Waals surface area contributed by atoms with E-state index in [9.17, 15) is 0 Å². The van der Waals surface area contributed by atoms with Crippen molar-refractivity contribution in [2.45, 2.75) is 0 Å². The minimum atomic E-state index is -0.00422. The molecule has 0 saturated heterocycles. The Labute approximate surface area is 70.1 Å². The Morgan fingerprint density at radius 1 is 1.08 bits per heavy atom. The lowest BCUT2D eigenvalue weighted by Crippen LogP contribution is -2.04. The van der Waals surface area contributed by atoms with Gasteiger partial charge in [0, 0.05) is 30.4 Å². The standard InChI is InChI=1S/C8H11NO3/c10-2-1-9-6-3-7(11)5-8(12)4-6/h3-5,9-12H,1-2H2. The highest BCUT2D eigenvalue weighted by Crippen LogP contribution is 2.23. The van der Waals surface area contributed by atoms with Gasteiger partial charge in [-0.3, -0.25) is 0 Å². The summed E-state index contributed by atoms with van der Waals surface area (Å²) in [6, 6.07) is 4.18. The summed E-state index contributed by atoms with van der Waals surface area (Å²) in [6.07, 6.45) is 0. The third-order valence-electron chi connectivity index (χ3n) is 1.34. The Kier molecular flexibility index (Phi) is 2.76. The quantitative estimate of drug-likeness (QED) is 0.531. The van der Waals surface area contributed by atoms with Crippen LogP contribution in [-0.4, -0.2) is 28.5 Å². The second kappa shape index (κ2) is 3.82. The highest BCUT2D eigenvalue weighted by Gasteiger charge is 1.96. The van der Waals surface area contributed by atoms with Gasteiger partial charge in [0.2, 0.25) is 0 Å². The van der Waals surface area contributed by atoms with Crippen LogP contribution in [0.2, 0.25) is 0 Å². The topological polar surface area (TPSA) is 72.7 Å². The monoisotopic (exact) mass is 169 g/mol. The van der Waals surface area contributed by atoms with Gasteiger partial charge in [-0.15, -0.1) is 0 Å². The van der Waals surface area contributed by atoms with Crippen LogP contribution < -0.4 is 5.32 Å². The molecule has 0 heterocycles. The van der Waals surface area contributed by atoms with E-state index in [1.165, 1.54) is 18.2 Å². The van der Waals surface area contributed by atoms with Crippen LogP contribution >= 0.6 is 0 Å². The average molecular weight is 169 g/mol. The van der Waals surface area contributed by atoms with Gasteiger partial charge in [-0.25, -0.2) is 0 Å². The maximum atomic E-state index is 9.03. The summed E-state index contributed by atoms with van der Waals surface area (Å²) in [5.41, 5.74) is 0.585. The van der Waals surface area contributed by atoms with Gasteiger partial charge in [-0.05, 0) is 0 Å². The molecule has 0 saturated carbocycles. The molecule has 0 spiro atoms. The number of phenols is 2. The zero-order chi connectivity index (χ0) is 8.97. The Bertz CT molecular complexity index is 242. The number of aliphatic hydroxyl groups is 1. The van der Waals surface area contributed by atoms with Gasteiger partial charge in [0.25, 0.3) is 0 Å². The Balaban J connectivity index is 2.72. The lowest BCUT2D eigenvalue weighted by molar-refractivity contribution is 0.311. The largest absolute Gasteiger partial charge is 0.508 e. The second-order valence-electron chi connectivity index (χ2n) is 2.39. The van der Waals surface area contributed by atoms with E-state index < -0.39 is 0 Å². The molecule has 0 amide bonds. The van der Waals surface area contributed by atoms with Gasteiger partial charge in [0.05, 0.1) is 6.61 Å². The van der Waals surface area contributed by atoms with E-state index in [4.69, 9.17) is 15.3 Å². The van der Waals surface area contributed by atoms with Crippen LogP contribution in [0.5, 0.6) is 11.5 Å². The highest BCUT2D eigenvalue weighted by molar-refractivity contribution is 5.52. The van der Waals surface area contributed by atoms with Gasteiger partial charge in [0.1, 0.15) is 11.5 Å². The zero-order valence-electron chi connectivity index (χ0n) is 6.49. The minimum absolute atomic E-state index is 0.00422. The number of hydrogen-bond donors (Lipinski definition) is 4. The summed E-state index contributed by atoms with van der Waals surface area (Å²) in [4.78, 5) is 0. The summed E-state index contributed by atoms with van der Waals surface area (Å²) in [5.74, 6) is -0.00844. The molecule has 0 aliphatic carbocycles. The van der Waals surface area contributed by atoms with Crippen LogP contribution in [0.15, 0.2) is 18.2 Å². The number of aliphatic hydroxyl groups excluding tert-OH is 1. The molecule has 1 aromatic rings. The number of phenolic OH excluding ortho intramolecular Hbond substituents is 2. The van der Waals surface area contributed by atoms with Crippen molar-refractivity contribution in [2.24, 2.45) is 0 Å². The number of anilines is 1. The summed E-state index contributed by atoms with van der Waals surface area (Å²) >= 11 is 0. The molecule has 0 aromatic heterocycles. The van der Waals surface area contributed by atoms with E-state index in [0.29, 0.717) is 12.2 Å². The Hall–Kier alpha value is -1.42. The smallest absolute Gasteiger partial charge is 0.121 e. The summed E-state index contributed by atoms with van der Waals surface area (Å²) in [7, 11) is 0. The molecule has 4 N–H and O–H groups in total. The molecule has 12 heavy (non-hydrogen) atoms. The normalized spacial score (nSPS) is 9.75. The Morgan fingerprint density at radius 2 is 1.67 bits per heavy atom. The maximum Gasteiger partial charge on any atom is 0.121 e. The first-order valence-corrected chi connectivity index (χ1v) is 3.60. The predicted octanol–water partition coefficient (Wildman–Crippen LogP) is 0.502. The van der Waals surface area contributed by atoms with Crippen LogP contribution in [0.4, 0.5) is 5.69 Å². The first kappa shape index (κ1) is 8.67. The molecular formula is C8H11NO3. The molecule has 1 rings (SSSR count). The molecule has 1 aromatic carbocycles. The number of benzene rings is 1. The lowest BCUT2D eigenvalue weighted by atomic mass is 10.3. The van der Waals surface area contributed by atoms with Crippen molar-refractivity contribution < 1.29 is 15.3 Å². The summed E-state index contributed by atoms with van der Waals surface area (Å²) < 4.78 is 0. The molecule has 0 aliphatic heterocycles. The predicted molar refractivity (Wildman–Crippen MR) is 45.3 cm³/mol. The first-order valence-electron chi connectivity index (χ1n) is 3.60. The fourth-order valence-electron chi connectivity index (χ4n) is 0.897. The number of aromatic hydroxyl groups is 2. The average Bonchev–Trinajstić information content (AvgIpc) is 1.99. The van der Waals surface area contributed by atoms with E-state index in [1.807, 2.05) is 0 Å². The van der Waals surface area contributed by atoms with E-state index in [-0.39, 0.29) is 18.1 Å². The SMILES string of the molecule is OCCNc1cc(O)cc(O)c1. The number of hydrogen-bond acceptors (Lipinski definition) is 4. The molecule has 0 unspecified atom stereocenters. The number of nitrogens with one attached hydrogen (secondary N) is 1. The van der Waals surface area contributed by atoms with Crippen molar-refractivity contribution in [1.82, 2.24) is 0 Å². The van der Waals surface area contributed by atoms with Gasteiger partial charge >= 0.3 is 0 Å². The van der Waals surface area contributed by atoms with Gasteiger partial charge in [0.15, 0.2) is 0 Å². The first-order chi connectivity index (χ1) is 5.72. The molecule has 0 radical (unpaired) electrons. The molecule has 0 atom stereocenters. The molecule has 4 nitrogen and oxygen atoms in total. The Morgan fingerprint density at radius 3 is 2.17 bits per heavy atom. The van der Waals surface area contributed by atoms with Crippen LogP contribution in [0, 0.1) is 0 Å². The zero-order valence-corrected chi connectivity index (χ0v) is 6.49. The van der Waals surface area contributed by atoms with E-state index in [0.717, 1.165) is 0 Å². The van der Waals surface area contributed by atoms with Crippen molar-refractivity contribution in [3.8, 4) is 11.5 Å². The second-order valence-corrected chi connectivity index (χ2v) is 2.39. The molecular weight excluding hydrogens is 158 g/mol. The van der Waals surface area contributed by atoms with Gasteiger partial charge in [-0.2, -0.15) is 0 Å². The van der Waals surface area contributed by atoms with Crippen LogP contribution in [0.1, 0.15) is 0 Å². The molecule has 0 aliphatic rings. The van der Waals surface area contributed by atoms with Crippen molar-refractivity contribution >= 4 is 5.69 Å². The van der Waals surface area contributed by atoms with Crippen LogP contribution in [0.3, 0.4) is 0 Å². The summed E-state index contributed by atoms with van der Waals surface area (Å²) in [5, 5.41) is 29.3. The van der Waals surface area contributed by atoms with E-state index in [2.05, 4.69) is 5.32 Å².